The van der Waals surface area contributed by atoms with Crippen molar-refractivity contribution in [2.24, 2.45) is 11.8 Å². The third kappa shape index (κ3) is 39.5. The molecule has 0 aromatic heterocycles. The first-order valence-electron chi connectivity index (χ1n) is 22.2. The highest BCUT2D eigenvalue weighted by molar-refractivity contribution is 5.71. The average Bonchev–Trinajstić information content (AvgIpc) is 3.09. The average molecular weight is 723 g/mol. The minimum atomic E-state index is -0.760. The van der Waals surface area contributed by atoms with Crippen LogP contribution in [0.3, 0.4) is 0 Å². The fourth-order valence-corrected chi connectivity index (χ4v) is 6.58. The number of hydrogen-bond acceptors (Lipinski definition) is 6. The van der Waals surface area contributed by atoms with Gasteiger partial charge in [0.15, 0.2) is 6.10 Å². The Morgan fingerprint density at radius 1 is 0.373 bits per heavy atom. The van der Waals surface area contributed by atoms with Crippen molar-refractivity contribution >= 4 is 17.9 Å². The minimum Gasteiger partial charge on any atom is -0.462 e. The highest BCUT2D eigenvalue weighted by Gasteiger charge is 2.19. The first kappa shape index (κ1) is 49.4. The first-order chi connectivity index (χ1) is 24.7. The Bertz CT molecular complexity index is 779. The minimum absolute atomic E-state index is 0.0657. The Balaban J connectivity index is 4.32. The SMILES string of the molecule is CCCCCCCCCCCC(=O)OC[C@@H](COC(=O)CCCCCCCCCC(C)C)OC(=O)CCCCCCCCCCCCCC(C)C. The fraction of sp³-hybridized carbons (Fsp3) is 0.933. The quantitative estimate of drug-likeness (QED) is 0.0357. The van der Waals surface area contributed by atoms with Crippen LogP contribution >= 0.6 is 0 Å². The van der Waals surface area contributed by atoms with Crippen LogP contribution in [0, 0.1) is 11.8 Å². The van der Waals surface area contributed by atoms with Crippen LogP contribution in [-0.2, 0) is 28.6 Å². The zero-order valence-corrected chi connectivity index (χ0v) is 34.7. The molecule has 1 atom stereocenters. The predicted octanol–water partition coefficient (Wildman–Crippen LogP) is 13.8. The van der Waals surface area contributed by atoms with E-state index >= 15 is 0 Å². The molecule has 0 amide bonds. The maximum Gasteiger partial charge on any atom is 0.306 e. The summed E-state index contributed by atoms with van der Waals surface area (Å²) in [6.45, 7) is 11.3. The summed E-state index contributed by atoms with van der Waals surface area (Å²) in [5.41, 5.74) is 0. The van der Waals surface area contributed by atoms with Gasteiger partial charge in [-0.2, -0.15) is 0 Å². The number of carbonyl (C=O) groups excluding carboxylic acids is 3. The second kappa shape index (κ2) is 38.1. The summed E-state index contributed by atoms with van der Waals surface area (Å²) in [5, 5.41) is 0. The molecule has 0 heterocycles. The van der Waals surface area contributed by atoms with Crippen LogP contribution in [0.25, 0.3) is 0 Å². The highest BCUT2D eigenvalue weighted by Crippen LogP contribution is 2.16. The molecule has 0 radical (unpaired) electrons. The van der Waals surface area contributed by atoms with Crippen molar-refractivity contribution in [2.75, 3.05) is 13.2 Å². The summed E-state index contributed by atoms with van der Waals surface area (Å²) in [4.78, 5) is 37.6. The Morgan fingerprint density at radius 3 is 0.961 bits per heavy atom. The standard InChI is InChI=1S/C45H86O6/c1-6-7-8-9-10-14-20-25-30-35-43(46)49-38-42(39-50-44(47)36-31-26-22-17-19-24-29-34-41(4)5)51-45(48)37-32-27-21-16-13-11-12-15-18-23-28-33-40(2)3/h40-42H,6-39H2,1-5H3/t42-/m0/s1. The van der Waals surface area contributed by atoms with Crippen LogP contribution in [0.2, 0.25) is 0 Å². The molecule has 0 aliphatic heterocycles. The Kier molecular flexibility index (Phi) is 37.0. The number of hydrogen-bond donors (Lipinski definition) is 0. The van der Waals surface area contributed by atoms with E-state index in [1.54, 1.807) is 0 Å². The smallest absolute Gasteiger partial charge is 0.306 e. The number of carbonyl (C=O) groups is 3. The zero-order valence-electron chi connectivity index (χ0n) is 34.7. The molecule has 0 aromatic carbocycles. The number of rotatable bonds is 39. The van der Waals surface area contributed by atoms with Crippen molar-refractivity contribution in [3.8, 4) is 0 Å². The van der Waals surface area contributed by atoms with Gasteiger partial charge in [0.25, 0.3) is 0 Å². The molecular formula is C45H86O6. The highest BCUT2D eigenvalue weighted by atomic mass is 16.6. The predicted molar refractivity (Wildman–Crippen MR) is 215 cm³/mol. The lowest BCUT2D eigenvalue weighted by Gasteiger charge is -2.18. The van der Waals surface area contributed by atoms with Gasteiger partial charge in [0.05, 0.1) is 0 Å². The second-order valence-corrected chi connectivity index (χ2v) is 16.3. The van der Waals surface area contributed by atoms with E-state index < -0.39 is 6.10 Å². The van der Waals surface area contributed by atoms with Gasteiger partial charge in [0, 0.05) is 19.3 Å². The molecule has 0 rings (SSSR count). The fourth-order valence-electron chi connectivity index (χ4n) is 6.58. The molecule has 0 aliphatic carbocycles. The molecule has 0 aromatic rings. The number of unbranched alkanes of at least 4 members (excludes halogenated alkanes) is 24. The monoisotopic (exact) mass is 723 g/mol. The molecule has 6 nitrogen and oxygen atoms in total. The third-order valence-electron chi connectivity index (χ3n) is 9.97. The van der Waals surface area contributed by atoms with E-state index in [2.05, 4.69) is 34.6 Å². The summed E-state index contributed by atoms with van der Waals surface area (Å²) in [5.74, 6) is 0.743. The van der Waals surface area contributed by atoms with Crippen molar-refractivity contribution in [1.29, 1.82) is 0 Å². The molecule has 0 fully saturated rings. The maximum absolute atomic E-state index is 12.7. The Labute approximate surface area is 317 Å². The van der Waals surface area contributed by atoms with E-state index in [9.17, 15) is 14.4 Å². The normalized spacial score (nSPS) is 12.1. The molecule has 302 valence electrons. The van der Waals surface area contributed by atoms with Crippen molar-refractivity contribution in [1.82, 2.24) is 0 Å². The maximum atomic E-state index is 12.7. The van der Waals surface area contributed by atoms with Gasteiger partial charge in [-0.15, -0.1) is 0 Å². The molecule has 0 saturated carbocycles. The molecule has 6 heteroatoms. The molecule has 0 N–H and O–H groups in total. The summed E-state index contributed by atoms with van der Waals surface area (Å²) in [7, 11) is 0. The second-order valence-electron chi connectivity index (χ2n) is 16.3. The van der Waals surface area contributed by atoms with Crippen molar-refractivity contribution < 1.29 is 28.6 Å². The van der Waals surface area contributed by atoms with Crippen molar-refractivity contribution in [2.45, 2.75) is 246 Å². The number of ether oxygens (including phenoxy) is 3. The Hall–Kier alpha value is -1.59. The van der Waals surface area contributed by atoms with Crippen molar-refractivity contribution in [3.05, 3.63) is 0 Å². The lowest BCUT2D eigenvalue weighted by Crippen LogP contribution is -2.30. The zero-order chi connectivity index (χ0) is 37.6. The van der Waals surface area contributed by atoms with Crippen LogP contribution in [0.5, 0.6) is 0 Å². The van der Waals surface area contributed by atoms with Gasteiger partial charge in [0.1, 0.15) is 13.2 Å². The molecule has 0 aliphatic rings. The largest absolute Gasteiger partial charge is 0.462 e. The van der Waals surface area contributed by atoms with Crippen LogP contribution in [0.1, 0.15) is 240 Å². The summed E-state index contributed by atoms with van der Waals surface area (Å²) in [6, 6.07) is 0. The molecule has 0 bridgehead atoms. The Morgan fingerprint density at radius 2 is 0.647 bits per heavy atom. The van der Waals surface area contributed by atoms with Crippen LogP contribution in [0.15, 0.2) is 0 Å². The van der Waals surface area contributed by atoms with E-state index in [-0.39, 0.29) is 31.1 Å². The van der Waals surface area contributed by atoms with Crippen LogP contribution < -0.4 is 0 Å². The molecule has 0 saturated heterocycles. The van der Waals surface area contributed by atoms with Crippen molar-refractivity contribution in [3.63, 3.8) is 0 Å². The lowest BCUT2D eigenvalue weighted by molar-refractivity contribution is -0.167. The van der Waals surface area contributed by atoms with Gasteiger partial charge in [-0.1, -0.05) is 202 Å². The molecule has 0 unspecified atom stereocenters. The van der Waals surface area contributed by atoms with Gasteiger partial charge in [-0.3, -0.25) is 14.4 Å². The van der Waals surface area contributed by atoms with Gasteiger partial charge in [0.2, 0.25) is 0 Å². The van der Waals surface area contributed by atoms with E-state index in [1.807, 2.05) is 0 Å². The lowest BCUT2D eigenvalue weighted by atomic mass is 10.0. The third-order valence-corrected chi connectivity index (χ3v) is 9.97. The van der Waals surface area contributed by atoms with E-state index in [1.165, 1.54) is 128 Å². The van der Waals surface area contributed by atoms with E-state index in [0.717, 1.165) is 69.6 Å². The van der Waals surface area contributed by atoms with Gasteiger partial charge >= 0.3 is 17.9 Å². The van der Waals surface area contributed by atoms with E-state index in [0.29, 0.717) is 19.3 Å². The van der Waals surface area contributed by atoms with E-state index in [4.69, 9.17) is 14.2 Å². The van der Waals surface area contributed by atoms with Crippen LogP contribution in [0.4, 0.5) is 0 Å². The molecular weight excluding hydrogens is 636 g/mol. The molecule has 0 spiro atoms. The summed E-state index contributed by atoms with van der Waals surface area (Å²) in [6.07, 6.45) is 35.2. The summed E-state index contributed by atoms with van der Waals surface area (Å²) >= 11 is 0. The van der Waals surface area contributed by atoms with Gasteiger partial charge in [-0.25, -0.2) is 0 Å². The topological polar surface area (TPSA) is 78.9 Å². The van der Waals surface area contributed by atoms with Gasteiger partial charge in [-0.05, 0) is 31.1 Å². The van der Waals surface area contributed by atoms with Crippen LogP contribution in [-0.4, -0.2) is 37.2 Å². The number of esters is 3. The molecule has 51 heavy (non-hydrogen) atoms. The first-order valence-corrected chi connectivity index (χ1v) is 22.2. The summed E-state index contributed by atoms with van der Waals surface area (Å²) < 4.78 is 16.7. The van der Waals surface area contributed by atoms with Gasteiger partial charge < -0.3 is 14.2 Å².